The van der Waals surface area contributed by atoms with Crippen LogP contribution in [-0.4, -0.2) is 34.8 Å². The zero-order valence-electron chi connectivity index (χ0n) is 12.3. The molecule has 1 N–H and O–H groups in total. The molecule has 2 heterocycles. The fraction of sp³-hybridized carbons (Fsp3) is 0.312. The normalized spacial score (nSPS) is 16.7. The summed E-state index contributed by atoms with van der Waals surface area (Å²) < 4.78 is 6.60. The minimum atomic E-state index is -0.410. The van der Waals surface area contributed by atoms with Crippen LogP contribution in [0.5, 0.6) is 0 Å². The third-order valence-corrected chi connectivity index (χ3v) is 3.85. The highest BCUT2D eigenvalue weighted by Gasteiger charge is 2.21. The number of esters is 1. The van der Waals surface area contributed by atoms with Gasteiger partial charge in [-0.25, -0.2) is 4.79 Å². The summed E-state index contributed by atoms with van der Waals surface area (Å²) in [6.07, 6.45) is 3.43. The molecule has 1 aliphatic heterocycles. The van der Waals surface area contributed by atoms with E-state index in [0.717, 1.165) is 25.1 Å². The van der Waals surface area contributed by atoms with E-state index in [-0.39, 0.29) is 11.9 Å². The lowest BCUT2D eigenvalue weighted by Crippen LogP contribution is -2.40. The van der Waals surface area contributed by atoms with Crippen molar-refractivity contribution in [1.29, 1.82) is 0 Å². The van der Waals surface area contributed by atoms with Crippen molar-refractivity contribution >= 4 is 11.9 Å². The molecule has 0 bridgehead atoms. The van der Waals surface area contributed by atoms with Gasteiger partial charge in [-0.15, -0.1) is 0 Å². The number of hydrogen-bond acceptors (Lipinski definition) is 4. The Bertz CT molecular complexity index is 691. The number of ether oxygens (including phenoxy) is 1. The molecule has 0 saturated heterocycles. The van der Waals surface area contributed by atoms with Gasteiger partial charge in [-0.3, -0.25) is 9.48 Å². The van der Waals surface area contributed by atoms with Crippen LogP contribution in [0, 0.1) is 0 Å². The summed E-state index contributed by atoms with van der Waals surface area (Å²) in [6, 6.07) is 8.54. The molecule has 1 aliphatic rings. The highest BCUT2D eigenvalue weighted by atomic mass is 16.5. The summed E-state index contributed by atoms with van der Waals surface area (Å²) in [5.41, 5.74) is 2.10. The molecule has 2 aromatic rings. The molecule has 0 radical (unpaired) electrons. The first-order valence-electron chi connectivity index (χ1n) is 7.17. The molecule has 1 atom stereocenters. The Labute approximate surface area is 128 Å². The van der Waals surface area contributed by atoms with Gasteiger partial charge in [0, 0.05) is 36.5 Å². The Morgan fingerprint density at radius 1 is 1.23 bits per heavy atom. The largest absolute Gasteiger partial charge is 0.465 e. The lowest BCUT2D eigenvalue weighted by Gasteiger charge is -2.24. The molecule has 0 saturated carbocycles. The predicted molar refractivity (Wildman–Crippen MR) is 79.6 cm³/mol. The standard InChI is InChI=1S/C16H17N3O3/c1-22-16(21)12-4-2-11(3-5-12)15(20)18-13-7-9-19-14(10-13)6-8-17-19/h2-6,8,13H,7,9-10H2,1H3,(H,18,20)/t13-/m0/s1. The summed E-state index contributed by atoms with van der Waals surface area (Å²) in [7, 11) is 1.33. The number of aromatic nitrogens is 2. The second-order valence-corrected chi connectivity index (χ2v) is 5.28. The van der Waals surface area contributed by atoms with Gasteiger partial charge in [-0.2, -0.15) is 5.10 Å². The number of nitrogens with one attached hydrogen (secondary N) is 1. The van der Waals surface area contributed by atoms with Gasteiger partial charge in [0.15, 0.2) is 0 Å². The Hall–Kier alpha value is -2.63. The second-order valence-electron chi connectivity index (χ2n) is 5.28. The zero-order valence-corrected chi connectivity index (χ0v) is 12.3. The van der Waals surface area contributed by atoms with Crippen LogP contribution in [0.2, 0.25) is 0 Å². The first-order chi connectivity index (χ1) is 10.7. The molecule has 0 aliphatic carbocycles. The van der Waals surface area contributed by atoms with Gasteiger partial charge in [0.25, 0.3) is 5.91 Å². The van der Waals surface area contributed by atoms with Gasteiger partial charge in [0.05, 0.1) is 12.7 Å². The molecule has 0 spiro atoms. The van der Waals surface area contributed by atoms with E-state index in [1.165, 1.54) is 7.11 Å². The van der Waals surface area contributed by atoms with E-state index < -0.39 is 5.97 Å². The maximum absolute atomic E-state index is 12.3. The van der Waals surface area contributed by atoms with Gasteiger partial charge in [0.1, 0.15) is 0 Å². The second kappa shape index (κ2) is 6.01. The Balaban J connectivity index is 1.64. The minimum absolute atomic E-state index is 0.108. The average molecular weight is 299 g/mol. The molecule has 1 aromatic heterocycles. The number of benzene rings is 1. The number of nitrogens with zero attached hydrogens (tertiary/aromatic N) is 2. The molecule has 1 amide bonds. The lowest BCUT2D eigenvalue weighted by molar-refractivity contribution is 0.0600. The van der Waals surface area contributed by atoms with Crippen molar-refractivity contribution in [2.45, 2.75) is 25.4 Å². The quantitative estimate of drug-likeness (QED) is 0.870. The van der Waals surface area contributed by atoms with Crippen LogP contribution < -0.4 is 5.32 Å². The van der Waals surface area contributed by atoms with Crippen molar-refractivity contribution in [2.75, 3.05) is 7.11 Å². The number of hydrogen-bond donors (Lipinski definition) is 1. The molecule has 114 valence electrons. The summed E-state index contributed by atoms with van der Waals surface area (Å²) in [4.78, 5) is 23.6. The number of carbonyl (C=O) groups is 2. The van der Waals surface area contributed by atoms with Crippen molar-refractivity contribution < 1.29 is 14.3 Å². The molecule has 3 rings (SSSR count). The van der Waals surface area contributed by atoms with Gasteiger partial charge in [-0.05, 0) is 36.8 Å². The van der Waals surface area contributed by atoms with E-state index in [2.05, 4.69) is 15.2 Å². The van der Waals surface area contributed by atoms with Crippen molar-refractivity contribution in [3.63, 3.8) is 0 Å². The van der Waals surface area contributed by atoms with Gasteiger partial charge in [-0.1, -0.05) is 0 Å². The summed E-state index contributed by atoms with van der Waals surface area (Å²) >= 11 is 0. The molecular weight excluding hydrogens is 282 g/mol. The van der Waals surface area contributed by atoms with Crippen LogP contribution in [-0.2, 0) is 17.7 Å². The van der Waals surface area contributed by atoms with Crippen LogP contribution in [0.3, 0.4) is 0 Å². The first kappa shape index (κ1) is 14.3. The molecule has 22 heavy (non-hydrogen) atoms. The van der Waals surface area contributed by atoms with Crippen molar-refractivity contribution in [2.24, 2.45) is 0 Å². The Morgan fingerprint density at radius 2 is 1.95 bits per heavy atom. The van der Waals surface area contributed by atoms with E-state index in [9.17, 15) is 9.59 Å². The smallest absolute Gasteiger partial charge is 0.337 e. The number of rotatable bonds is 3. The van der Waals surface area contributed by atoms with Crippen molar-refractivity contribution in [1.82, 2.24) is 15.1 Å². The third-order valence-electron chi connectivity index (χ3n) is 3.85. The highest BCUT2D eigenvalue weighted by molar-refractivity contribution is 5.96. The SMILES string of the molecule is COC(=O)c1ccc(C(=O)N[C@H]2CCn3nccc3C2)cc1. The third kappa shape index (κ3) is 2.86. The average Bonchev–Trinajstić information content (AvgIpc) is 3.02. The topological polar surface area (TPSA) is 73.2 Å². The molecular formula is C16H17N3O3. The highest BCUT2D eigenvalue weighted by Crippen LogP contribution is 2.14. The van der Waals surface area contributed by atoms with E-state index in [1.807, 2.05) is 10.7 Å². The molecule has 0 unspecified atom stereocenters. The lowest BCUT2D eigenvalue weighted by atomic mass is 10.0. The van der Waals surface area contributed by atoms with Crippen LogP contribution in [0.25, 0.3) is 0 Å². The Kier molecular flexibility index (Phi) is 3.91. The summed E-state index contributed by atoms with van der Waals surface area (Å²) in [6.45, 7) is 0.814. The predicted octanol–water partition coefficient (Wildman–Crippen LogP) is 1.41. The number of fused-ring (bicyclic) bond motifs is 1. The number of aryl methyl sites for hydroxylation is 1. The van der Waals surface area contributed by atoms with E-state index >= 15 is 0 Å². The number of amides is 1. The van der Waals surface area contributed by atoms with Crippen LogP contribution in [0.4, 0.5) is 0 Å². The molecule has 1 aromatic carbocycles. The first-order valence-corrected chi connectivity index (χ1v) is 7.17. The zero-order chi connectivity index (χ0) is 15.5. The maximum atomic E-state index is 12.3. The molecule has 6 nitrogen and oxygen atoms in total. The molecule has 6 heteroatoms. The fourth-order valence-electron chi connectivity index (χ4n) is 2.63. The minimum Gasteiger partial charge on any atom is -0.465 e. The van der Waals surface area contributed by atoms with Gasteiger partial charge in [0.2, 0.25) is 0 Å². The summed E-state index contributed by atoms with van der Waals surface area (Å²) in [5, 5.41) is 7.26. The number of carbonyl (C=O) groups excluding carboxylic acids is 2. The van der Waals surface area contributed by atoms with Gasteiger partial charge < -0.3 is 10.1 Å². The monoisotopic (exact) mass is 299 g/mol. The van der Waals surface area contributed by atoms with E-state index in [1.54, 1.807) is 30.5 Å². The van der Waals surface area contributed by atoms with Crippen LogP contribution >= 0.6 is 0 Å². The van der Waals surface area contributed by atoms with Crippen molar-refractivity contribution in [3.05, 3.63) is 53.3 Å². The summed E-state index contributed by atoms with van der Waals surface area (Å²) in [5.74, 6) is -0.540. The van der Waals surface area contributed by atoms with Crippen LogP contribution in [0.1, 0.15) is 32.8 Å². The van der Waals surface area contributed by atoms with E-state index in [4.69, 9.17) is 0 Å². The maximum Gasteiger partial charge on any atom is 0.337 e. The van der Waals surface area contributed by atoms with Crippen molar-refractivity contribution in [3.8, 4) is 0 Å². The molecule has 0 fully saturated rings. The van der Waals surface area contributed by atoms with Crippen LogP contribution in [0.15, 0.2) is 36.5 Å². The van der Waals surface area contributed by atoms with Gasteiger partial charge >= 0.3 is 5.97 Å². The van der Waals surface area contributed by atoms with E-state index in [0.29, 0.717) is 11.1 Å². The fourth-order valence-corrected chi connectivity index (χ4v) is 2.63. The Morgan fingerprint density at radius 3 is 2.68 bits per heavy atom. The number of methoxy groups -OCH3 is 1.